The minimum Gasteiger partial charge on any atom is -0.487 e. The van der Waals surface area contributed by atoms with Gasteiger partial charge in [-0.15, -0.1) is 0 Å². The van der Waals surface area contributed by atoms with Crippen molar-refractivity contribution in [2.75, 3.05) is 13.7 Å². The number of hydrogen-bond acceptors (Lipinski definition) is 3. The van der Waals surface area contributed by atoms with Crippen molar-refractivity contribution >= 4 is 5.97 Å². The zero-order valence-electron chi connectivity index (χ0n) is 8.91. The van der Waals surface area contributed by atoms with Gasteiger partial charge < -0.3 is 9.47 Å². The lowest BCUT2D eigenvalue weighted by atomic mass is 10.1. The summed E-state index contributed by atoms with van der Waals surface area (Å²) in [6.07, 6.45) is 6.74. The molecule has 80 valence electrons. The summed E-state index contributed by atoms with van der Waals surface area (Å²) in [5.41, 5.74) is 0. The lowest BCUT2D eigenvalue weighted by Gasteiger charge is -2.08. The van der Waals surface area contributed by atoms with Crippen LogP contribution in [-0.2, 0) is 14.3 Å². The Morgan fingerprint density at radius 1 is 1.43 bits per heavy atom. The summed E-state index contributed by atoms with van der Waals surface area (Å²) in [6, 6.07) is 0. The van der Waals surface area contributed by atoms with Crippen molar-refractivity contribution in [3.05, 3.63) is 11.8 Å². The van der Waals surface area contributed by atoms with E-state index in [1.54, 1.807) is 0 Å². The maximum atomic E-state index is 11.3. The second kappa shape index (κ2) is 5.68. The van der Waals surface area contributed by atoms with Gasteiger partial charge in [0.05, 0.1) is 13.7 Å². The smallest absolute Gasteiger partial charge is 0.372 e. The normalized spacial score (nSPS) is 18.3. The fourth-order valence-electron chi connectivity index (χ4n) is 1.77. The van der Waals surface area contributed by atoms with Gasteiger partial charge in [-0.3, -0.25) is 0 Å². The molecule has 0 saturated heterocycles. The number of rotatable bonds is 4. The largest absolute Gasteiger partial charge is 0.487 e. The molecule has 1 saturated carbocycles. The van der Waals surface area contributed by atoms with Crippen LogP contribution in [0.15, 0.2) is 11.8 Å². The Balaban J connectivity index is 2.59. The van der Waals surface area contributed by atoms with Crippen molar-refractivity contribution in [2.24, 2.45) is 5.92 Å². The van der Waals surface area contributed by atoms with Gasteiger partial charge in [0.25, 0.3) is 0 Å². The number of hydrogen-bond donors (Lipinski definition) is 0. The van der Waals surface area contributed by atoms with Crippen molar-refractivity contribution in [3.8, 4) is 0 Å². The summed E-state index contributed by atoms with van der Waals surface area (Å²) < 4.78 is 9.89. The molecule has 0 atom stereocenters. The van der Waals surface area contributed by atoms with Gasteiger partial charge >= 0.3 is 5.97 Å². The second-order valence-electron chi connectivity index (χ2n) is 3.50. The molecule has 0 aromatic rings. The maximum Gasteiger partial charge on any atom is 0.372 e. The highest BCUT2D eigenvalue weighted by Gasteiger charge is 2.17. The Morgan fingerprint density at radius 2 is 2.07 bits per heavy atom. The summed E-state index contributed by atoms with van der Waals surface area (Å²) in [5.74, 6) is 0.510. The van der Waals surface area contributed by atoms with Crippen molar-refractivity contribution in [1.29, 1.82) is 0 Å². The average molecular weight is 198 g/mol. The first-order valence-electron chi connectivity index (χ1n) is 5.20. The van der Waals surface area contributed by atoms with Crippen LogP contribution in [-0.4, -0.2) is 19.7 Å². The molecule has 0 aromatic carbocycles. The molecule has 1 aliphatic carbocycles. The molecule has 0 aliphatic heterocycles. The van der Waals surface area contributed by atoms with Gasteiger partial charge in [-0.1, -0.05) is 12.8 Å². The third-order valence-corrected chi connectivity index (χ3v) is 2.47. The van der Waals surface area contributed by atoms with Gasteiger partial charge in [0.2, 0.25) is 5.76 Å². The van der Waals surface area contributed by atoms with Crippen LogP contribution >= 0.6 is 0 Å². The molecular weight excluding hydrogens is 180 g/mol. The minimum atomic E-state index is -0.362. The highest BCUT2D eigenvalue weighted by molar-refractivity contribution is 5.86. The first-order chi connectivity index (χ1) is 6.77. The van der Waals surface area contributed by atoms with E-state index in [0.717, 1.165) is 12.8 Å². The first kappa shape index (κ1) is 11.1. The topological polar surface area (TPSA) is 35.5 Å². The highest BCUT2D eigenvalue weighted by Crippen LogP contribution is 2.27. The molecule has 0 N–H and O–H groups in total. The van der Waals surface area contributed by atoms with E-state index in [4.69, 9.17) is 4.74 Å². The van der Waals surface area contributed by atoms with E-state index in [9.17, 15) is 4.79 Å². The Kier molecular flexibility index (Phi) is 4.50. The summed E-state index contributed by atoms with van der Waals surface area (Å²) in [4.78, 5) is 11.3. The Hall–Kier alpha value is -0.990. The monoisotopic (exact) mass is 198 g/mol. The van der Waals surface area contributed by atoms with E-state index in [2.05, 4.69) is 4.74 Å². The average Bonchev–Trinajstić information content (AvgIpc) is 2.68. The van der Waals surface area contributed by atoms with Gasteiger partial charge in [-0.2, -0.15) is 0 Å². The standard InChI is InChI=1S/C11H18O3/c1-3-14-10(11(12)13-2)8-9-6-4-5-7-9/h8-9H,3-7H2,1-2H3. The number of esters is 1. The number of ether oxygens (including phenoxy) is 2. The van der Waals surface area contributed by atoms with Gasteiger partial charge in [0.1, 0.15) is 0 Å². The van der Waals surface area contributed by atoms with Crippen LogP contribution in [0.5, 0.6) is 0 Å². The molecule has 0 bridgehead atoms. The number of carbonyl (C=O) groups is 1. The van der Waals surface area contributed by atoms with Crippen molar-refractivity contribution in [2.45, 2.75) is 32.6 Å². The van der Waals surface area contributed by atoms with Crippen LogP contribution in [0.1, 0.15) is 32.6 Å². The van der Waals surface area contributed by atoms with Gasteiger partial charge in [-0.25, -0.2) is 4.79 Å². The zero-order chi connectivity index (χ0) is 10.4. The first-order valence-corrected chi connectivity index (χ1v) is 5.20. The molecule has 1 aliphatic rings. The van der Waals surface area contributed by atoms with Crippen molar-refractivity contribution < 1.29 is 14.3 Å². The number of carbonyl (C=O) groups excluding carboxylic acids is 1. The van der Waals surface area contributed by atoms with Gasteiger partial charge in [0.15, 0.2) is 0 Å². The highest BCUT2D eigenvalue weighted by atomic mass is 16.6. The van der Waals surface area contributed by atoms with Gasteiger partial charge in [0, 0.05) is 0 Å². The fourth-order valence-corrected chi connectivity index (χ4v) is 1.77. The Labute approximate surface area is 85.1 Å². The molecule has 0 radical (unpaired) electrons. The van der Waals surface area contributed by atoms with E-state index in [-0.39, 0.29) is 5.97 Å². The minimum absolute atomic E-state index is 0.362. The number of allylic oxidation sites excluding steroid dienone is 1. The Morgan fingerprint density at radius 3 is 2.57 bits per heavy atom. The fraction of sp³-hybridized carbons (Fsp3) is 0.727. The van der Waals surface area contributed by atoms with E-state index >= 15 is 0 Å². The van der Waals surface area contributed by atoms with Crippen LogP contribution in [0.2, 0.25) is 0 Å². The second-order valence-corrected chi connectivity index (χ2v) is 3.50. The predicted octanol–water partition coefficient (Wildman–Crippen LogP) is 2.27. The summed E-state index contributed by atoms with van der Waals surface area (Å²) in [6.45, 7) is 2.37. The quantitative estimate of drug-likeness (QED) is 0.395. The molecule has 3 nitrogen and oxygen atoms in total. The zero-order valence-corrected chi connectivity index (χ0v) is 8.91. The van der Waals surface area contributed by atoms with Crippen LogP contribution in [0.4, 0.5) is 0 Å². The lowest BCUT2D eigenvalue weighted by molar-refractivity contribution is -0.140. The molecule has 1 rings (SSSR count). The summed E-state index contributed by atoms with van der Waals surface area (Å²) in [5, 5.41) is 0. The predicted molar refractivity (Wildman–Crippen MR) is 53.7 cm³/mol. The Bertz CT molecular complexity index is 215. The molecular formula is C11H18O3. The van der Waals surface area contributed by atoms with Crippen LogP contribution in [0, 0.1) is 5.92 Å². The third kappa shape index (κ3) is 3.05. The summed E-state index contributed by atoms with van der Waals surface area (Å²) in [7, 11) is 1.38. The molecule has 0 amide bonds. The van der Waals surface area contributed by atoms with E-state index in [1.165, 1.54) is 20.0 Å². The molecule has 0 heterocycles. The molecule has 0 aromatic heterocycles. The summed E-state index contributed by atoms with van der Waals surface area (Å²) >= 11 is 0. The van der Waals surface area contributed by atoms with E-state index in [0.29, 0.717) is 18.3 Å². The molecule has 1 fully saturated rings. The van der Waals surface area contributed by atoms with Crippen LogP contribution in [0.3, 0.4) is 0 Å². The van der Waals surface area contributed by atoms with Crippen molar-refractivity contribution in [1.82, 2.24) is 0 Å². The molecule has 0 spiro atoms. The molecule has 14 heavy (non-hydrogen) atoms. The third-order valence-electron chi connectivity index (χ3n) is 2.47. The van der Waals surface area contributed by atoms with Crippen LogP contribution < -0.4 is 0 Å². The molecule has 0 unspecified atom stereocenters. The van der Waals surface area contributed by atoms with E-state index in [1.807, 2.05) is 13.0 Å². The van der Waals surface area contributed by atoms with Crippen LogP contribution in [0.25, 0.3) is 0 Å². The van der Waals surface area contributed by atoms with E-state index < -0.39 is 0 Å². The maximum absolute atomic E-state index is 11.3. The van der Waals surface area contributed by atoms with Gasteiger partial charge in [-0.05, 0) is 31.8 Å². The molecule has 3 heteroatoms. The van der Waals surface area contributed by atoms with Crippen molar-refractivity contribution in [3.63, 3.8) is 0 Å². The SMILES string of the molecule is CCOC(=CC1CCCC1)C(=O)OC. The lowest BCUT2D eigenvalue weighted by Crippen LogP contribution is -2.09. The number of methoxy groups -OCH3 is 1.